The first kappa shape index (κ1) is 16.7. The van der Waals surface area contributed by atoms with Gasteiger partial charge in [-0.1, -0.05) is 30.4 Å². The number of primary amides is 1. The van der Waals surface area contributed by atoms with E-state index in [0.717, 1.165) is 16.7 Å². The number of allylic oxidation sites excluding steroid dienone is 3. The van der Waals surface area contributed by atoms with Crippen LogP contribution in [-0.4, -0.2) is 17.0 Å². The predicted octanol–water partition coefficient (Wildman–Crippen LogP) is 2.46. The summed E-state index contributed by atoms with van der Waals surface area (Å²) in [6.07, 6.45) is 9.68. The van der Waals surface area contributed by atoms with Gasteiger partial charge in [0.25, 0.3) is 5.91 Å². The zero-order valence-corrected chi connectivity index (χ0v) is 13.4. The summed E-state index contributed by atoms with van der Waals surface area (Å²) in [5.74, 6) is -0.970. The molecule has 0 aliphatic heterocycles. The molecule has 3 rings (SSSR count). The minimum absolute atomic E-state index is 0.345. The van der Waals surface area contributed by atoms with Crippen LogP contribution in [0.4, 0.5) is 0 Å². The highest BCUT2D eigenvalue weighted by Crippen LogP contribution is 2.39. The number of carbonyl (C=O) groups excluding carboxylic acids is 2. The smallest absolute Gasteiger partial charge is 0.274 e. The largest absolute Gasteiger partial charge is 0.472 e. The molecule has 0 fully saturated rings. The van der Waals surface area contributed by atoms with Gasteiger partial charge in [-0.25, -0.2) is 5.48 Å². The fourth-order valence-corrected chi connectivity index (χ4v) is 3.04. The Morgan fingerprint density at radius 3 is 2.60 bits per heavy atom. The van der Waals surface area contributed by atoms with Gasteiger partial charge in [-0.3, -0.25) is 14.8 Å². The predicted molar refractivity (Wildman–Crippen MR) is 91.5 cm³/mol. The Morgan fingerprint density at radius 1 is 1.24 bits per heavy atom. The van der Waals surface area contributed by atoms with Crippen LogP contribution in [0.2, 0.25) is 0 Å². The third-order valence-electron chi connectivity index (χ3n) is 4.43. The topological polar surface area (TPSA) is 106 Å². The summed E-state index contributed by atoms with van der Waals surface area (Å²) in [5, 5.41) is 8.68. The highest BCUT2D eigenvalue weighted by atomic mass is 16.5. The molecule has 0 bridgehead atoms. The number of nitrogens with one attached hydrogen (secondary N) is 1. The van der Waals surface area contributed by atoms with Gasteiger partial charge in [0, 0.05) is 5.56 Å². The van der Waals surface area contributed by atoms with Crippen molar-refractivity contribution in [3.8, 4) is 0 Å². The maximum Gasteiger partial charge on any atom is 0.274 e. The molecular formula is C19H18N2O4. The van der Waals surface area contributed by atoms with Gasteiger partial charge in [-0.15, -0.1) is 0 Å². The summed E-state index contributed by atoms with van der Waals surface area (Å²) in [7, 11) is 0. The van der Waals surface area contributed by atoms with Crippen LogP contribution in [0.15, 0.2) is 65.5 Å². The molecule has 0 spiro atoms. The summed E-state index contributed by atoms with van der Waals surface area (Å²) in [6.45, 7) is 0. The van der Waals surface area contributed by atoms with Gasteiger partial charge in [0.2, 0.25) is 5.91 Å². The number of hydrogen-bond donors (Lipinski definition) is 3. The van der Waals surface area contributed by atoms with E-state index in [-0.39, 0.29) is 0 Å². The minimum Gasteiger partial charge on any atom is -0.472 e. The second kappa shape index (κ2) is 6.78. The van der Waals surface area contributed by atoms with Crippen molar-refractivity contribution in [2.24, 2.45) is 11.1 Å². The Bertz CT molecular complexity index is 835. The van der Waals surface area contributed by atoms with Gasteiger partial charge >= 0.3 is 0 Å². The summed E-state index contributed by atoms with van der Waals surface area (Å²) >= 11 is 0. The molecule has 0 saturated heterocycles. The van der Waals surface area contributed by atoms with E-state index < -0.39 is 17.2 Å². The Morgan fingerprint density at radius 2 is 2.00 bits per heavy atom. The van der Waals surface area contributed by atoms with Crippen LogP contribution in [0.3, 0.4) is 0 Å². The first-order chi connectivity index (χ1) is 12.0. The van der Waals surface area contributed by atoms with Crippen LogP contribution in [-0.2, 0) is 11.2 Å². The fourth-order valence-electron chi connectivity index (χ4n) is 3.04. The van der Waals surface area contributed by atoms with Crippen LogP contribution >= 0.6 is 0 Å². The third kappa shape index (κ3) is 3.39. The molecule has 0 radical (unpaired) electrons. The molecule has 1 unspecified atom stereocenters. The molecule has 6 heteroatoms. The highest BCUT2D eigenvalue weighted by molar-refractivity contribution is 5.94. The number of nitrogens with two attached hydrogens (primary N) is 1. The van der Waals surface area contributed by atoms with Crippen molar-refractivity contribution in [3.63, 3.8) is 0 Å². The molecule has 1 heterocycles. The standard InChI is InChI=1S/C19H18N2O4/c20-18(23)19(10-13-7-9-25-12-13)8-1-2-16(11-19)14-3-5-15(6-4-14)17(22)21-24/h1-9,12,24H,10-11H2,(H2,20,23)(H,21,22). The molecule has 2 aromatic rings. The Balaban J connectivity index is 1.86. The number of hydroxylamine groups is 1. The molecule has 1 aliphatic rings. The lowest BCUT2D eigenvalue weighted by molar-refractivity contribution is -0.125. The molecule has 1 aromatic heterocycles. The average Bonchev–Trinajstić information content (AvgIpc) is 3.14. The van der Waals surface area contributed by atoms with Crippen molar-refractivity contribution in [2.45, 2.75) is 12.8 Å². The van der Waals surface area contributed by atoms with Crippen LogP contribution in [0.25, 0.3) is 5.57 Å². The van der Waals surface area contributed by atoms with Crippen LogP contribution < -0.4 is 11.2 Å². The number of amides is 2. The zero-order valence-electron chi connectivity index (χ0n) is 13.4. The normalized spacial score (nSPS) is 19.3. The lowest BCUT2D eigenvalue weighted by Crippen LogP contribution is -2.38. The lowest BCUT2D eigenvalue weighted by atomic mass is 9.72. The highest BCUT2D eigenvalue weighted by Gasteiger charge is 2.37. The summed E-state index contributed by atoms with van der Waals surface area (Å²) in [5.41, 5.74) is 9.56. The minimum atomic E-state index is -0.824. The van der Waals surface area contributed by atoms with Gasteiger partial charge < -0.3 is 10.2 Å². The molecule has 6 nitrogen and oxygen atoms in total. The molecule has 4 N–H and O–H groups in total. The van der Waals surface area contributed by atoms with E-state index in [1.54, 1.807) is 42.3 Å². The first-order valence-corrected chi connectivity index (χ1v) is 7.78. The molecule has 1 atom stereocenters. The van der Waals surface area contributed by atoms with Crippen molar-refractivity contribution >= 4 is 17.4 Å². The van der Waals surface area contributed by atoms with E-state index in [0.29, 0.717) is 18.4 Å². The Kier molecular flexibility index (Phi) is 4.54. The second-order valence-electron chi connectivity index (χ2n) is 6.07. The number of benzene rings is 1. The van der Waals surface area contributed by atoms with Crippen molar-refractivity contribution < 1.29 is 19.2 Å². The first-order valence-electron chi connectivity index (χ1n) is 7.78. The SMILES string of the molecule is NC(=O)C1(Cc2ccoc2)C=CC=C(c2ccc(C(=O)NO)cc2)C1. The Labute approximate surface area is 144 Å². The van der Waals surface area contributed by atoms with Gasteiger partial charge in [-0.2, -0.15) is 0 Å². The van der Waals surface area contributed by atoms with Crippen molar-refractivity contribution in [3.05, 3.63) is 77.8 Å². The number of carbonyl (C=O) groups is 2. The maximum atomic E-state index is 12.2. The van der Waals surface area contributed by atoms with Gasteiger partial charge in [0.1, 0.15) is 0 Å². The molecule has 1 aliphatic carbocycles. The summed E-state index contributed by atoms with van der Waals surface area (Å²) in [6, 6.07) is 8.60. The monoisotopic (exact) mass is 338 g/mol. The van der Waals surface area contributed by atoms with E-state index >= 15 is 0 Å². The zero-order chi connectivity index (χ0) is 17.9. The lowest BCUT2D eigenvalue weighted by Gasteiger charge is -2.30. The van der Waals surface area contributed by atoms with Crippen molar-refractivity contribution in [2.75, 3.05) is 0 Å². The second-order valence-corrected chi connectivity index (χ2v) is 6.07. The quantitative estimate of drug-likeness (QED) is 0.575. The van der Waals surface area contributed by atoms with Crippen molar-refractivity contribution in [1.29, 1.82) is 0 Å². The average molecular weight is 338 g/mol. The number of hydrogen-bond acceptors (Lipinski definition) is 4. The third-order valence-corrected chi connectivity index (χ3v) is 4.43. The molecular weight excluding hydrogens is 320 g/mol. The fraction of sp³-hybridized carbons (Fsp3) is 0.158. The van der Waals surface area contributed by atoms with Crippen molar-refractivity contribution in [1.82, 2.24) is 5.48 Å². The van der Waals surface area contributed by atoms with Gasteiger partial charge in [0.15, 0.2) is 0 Å². The van der Waals surface area contributed by atoms with E-state index in [9.17, 15) is 9.59 Å². The van der Waals surface area contributed by atoms with E-state index in [1.165, 1.54) is 0 Å². The Hall–Kier alpha value is -3.12. The molecule has 0 saturated carbocycles. The molecule has 1 aromatic carbocycles. The molecule has 2 amide bonds. The van der Waals surface area contributed by atoms with Gasteiger partial charge in [0.05, 0.1) is 17.9 Å². The van der Waals surface area contributed by atoms with Crippen LogP contribution in [0, 0.1) is 5.41 Å². The van der Waals surface area contributed by atoms with E-state index in [2.05, 4.69) is 0 Å². The summed E-state index contributed by atoms with van der Waals surface area (Å²) in [4.78, 5) is 23.6. The van der Waals surface area contributed by atoms with E-state index in [1.807, 2.05) is 24.3 Å². The molecule has 128 valence electrons. The van der Waals surface area contributed by atoms with Gasteiger partial charge in [-0.05, 0) is 47.7 Å². The molecule has 25 heavy (non-hydrogen) atoms. The number of furan rings is 1. The van der Waals surface area contributed by atoms with Crippen LogP contribution in [0.1, 0.15) is 27.9 Å². The van der Waals surface area contributed by atoms with Crippen LogP contribution in [0.5, 0.6) is 0 Å². The summed E-state index contributed by atoms with van der Waals surface area (Å²) < 4.78 is 5.09. The maximum absolute atomic E-state index is 12.2. The number of rotatable bonds is 5. The van der Waals surface area contributed by atoms with E-state index in [4.69, 9.17) is 15.4 Å².